The minimum atomic E-state index is -0.550. The number of hydrogen-bond donors (Lipinski definition) is 1. The third kappa shape index (κ3) is 4.28. The Morgan fingerprint density at radius 2 is 2.13 bits per heavy atom. The maximum atomic E-state index is 12.6. The summed E-state index contributed by atoms with van der Waals surface area (Å²) in [5, 5.41) is 9.01. The summed E-state index contributed by atoms with van der Waals surface area (Å²) >= 11 is 0. The van der Waals surface area contributed by atoms with Gasteiger partial charge in [-0.15, -0.1) is 0 Å². The predicted molar refractivity (Wildman–Crippen MR) is 85.1 cm³/mol. The summed E-state index contributed by atoms with van der Waals surface area (Å²) < 4.78 is 0. The van der Waals surface area contributed by atoms with Crippen LogP contribution in [0.4, 0.5) is 0 Å². The monoisotopic (exact) mass is 314 g/mol. The zero-order chi connectivity index (χ0) is 16.8. The lowest BCUT2D eigenvalue weighted by Crippen LogP contribution is -2.30. The molecule has 0 bridgehead atoms. The highest BCUT2D eigenvalue weighted by Crippen LogP contribution is 2.33. The summed E-state index contributed by atoms with van der Waals surface area (Å²) in [5.74, 6) is -0.899. The Kier molecular flexibility index (Phi) is 5.69. The van der Waals surface area contributed by atoms with Gasteiger partial charge in [0.2, 0.25) is 11.8 Å². The number of pyridine rings is 1. The van der Waals surface area contributed by atoms with Crippen molar-refractivity contribution in [1.82, 2.24) is 9.88 Å². The Balaban J connectivity index is 2.28. The van der Waals surface area contributed by atoms with Crippen LogP contribution in [-0.4, -0.2) is 28.7 Å². The molecule has 1 heterocycles. The van der Waals surface area contributed by atoms with E-state index in [4.69, 9.17) is 11.0 Å². The SMILES string of the molecule is CN(C#N)C(=O)[C@@H](CC1CCCCC1)c1cc(C(N)=O)ccn1. The van der Waals surface area contributed by atoms with Crippen LogP contribution in [0.1, 0.15) is 60.5 Å². The molecule has 1 fully saturated rings. The minimum Gasteiger partial charge on any atom is -0.366 e. The lowest BCUT2D eigenvalue weighted by Gasteiger charge is -2.26. The van der Waals surface area contributed by atoms with E-state index in [1.54, 1.807) is 6.07 Å². The first-order valence-electron chi connectivity index (χ1n) is 7.96. The molecule has 0 aromatic carbocycles. The van der Waals surface area contributed by atoms with Gasteiger partial charge < -0.3 is 5.73 Å². The van der Waals surface area contributed by atoms with Gasteiger partial charge in [-0.3, -0.25) is 19.5 Å². The molecule has 2 N–H and O–H groups in total. The average Bonchev–Trinajstić information content (AvgIpc) is 2.59. The Morgan fingerprint density at radius 3 is 2.74 bits per heavy atom. The molecule has 1 aliphatic rings. The first-order chi connectivity index (χ1) is 11.0. The summed E-state index contributed by atoms with van der Waals surface area (Å²) in [4.78, 5) is 29.2. The van der Waals surface area contributed by atoms with E-state index in [9.17, 15) is 9.59 Å². The molecule has 1 aromatic heterocycles. The molecule has 0 unspecified atom stereocenters. The van der Waals surface area contributed by atoms with Crippen molar-refractivity contribution < 1.29 is 9.59 Å². The number of aromatic nitrogens is 1. The van der Waals surface area contributed by atoms with Gasteiger partial charge in [-0.05, 0) is 24.5 Å². The van der Waals surface area contributed by atoms with Crippen LogP contribution in [0.5, 0.6) is 0 Å². The van der Waals surface area contributed by atoms with Crippen molar-refractivity contribution in [3.8, 4) is 6.19 Å². The standard InChI is InChI=1S/C17H22N4O2/c1-21(11-18)17(23)14(9-12-5-3-2-4-6-12)15-10-13(16(19)22)7-8-20-15/h7-8,10,12,14H,2-6,9H2,1H3,(H2,19,22)/t14-/m0/s1. The summed E-state index contributed by atoms with van der Waals surface area (Å²) in [6, 6.07) is 3.10. The maximum absolute atomic E-state index is 12.6. The van der Waals surface area contributed by atoms with Crippen LogP contribution in [0.25, 0.3) is 0 Å². The van der Waals surface area contributed by atoms with Gasteiger partial charge in [-0.2, -0.15) is 5.26 Å². The third-order valence-electron chi connectivity index (χ3n) is 4.50. The van der Waals surface area contributed by atoms with Crippen molar-refractivity contribution >= 4 is 11.8 Å². The molecule has 2 amide bonds. The highest BCUT2D eigenvalue weighted by molar-refractivity contribution is 5.93. The molecule has 1 atom stereocenters. The Labute approximate surface area is 136 Å². The lowest BCUT2D eigenvalue weighted by molar-refractivity contribution is -0.129. The number of rotatable bonds is 5. The molecule has 0 saturated heterocycles. The van der Waals surface area contributed by atoms with E-state index in [-0.39, 0.29) is 5.91 Å². The first-order valence-corrected chi connectivity index (χ1v) is 7.96. The van der Waals surface area contributed by atoms with Crippen LogP contribution in [0.15, 0.2) is 18.3 Å². The topological polar surface area (TPSA) is 100 Å². The van der Waals surface area contributed by atoms with Crippen LogP contribution in [-0.2, 0) is 4.79 Å². The number of hydrogen-bond acceptors (Lipinski definition) is 4. The fraction of sp³-hybridized carbons (Fsp3) is 0.529. The van der Waals surface area contributed by atoms with Gasteiger partial charge >= 0.3 is 0 Å². The molecule has 1 aromatic rings. The number of nitriles is 1. The quantitative estimate of drug-likeness (QED) is 0.665. The number of nitrogens with two attached hydrogens (primary N) is 1. The van der Waals surface area contributed by atoms with E-state index >= 15 is 0 Å². The second kappa shape index (κ2) is 7.73. The van der Waals surface area contributed by atoms with E-state index in [0.29, 0.717) is 23.6 Å². The van der Waals surface area contributed by atoms with E-state index in [2.05, 4.69) is 4.98 Å². The highest BCUT2D eigenvalue weighted by atomic mass is 16.2. The van der Waals surface area contributed by atoms with E-state index in [0.717, 1.165) is 17.7 Å². The zero-order valence-electron chi connectivity index (χ0n) is 13.4. The van der Waals surface area contributed by atoms with Gasteiger partial charge in [-0.1, -0.05) is 32.1 Å². The molecule has 1 aliphatic carbocycles. The molecule has 2 rings (SSSR count). The molecule has 23 heavy (non-hydrogen) atoms. The molecule has 0 spiro atoms. The van der Waals surface area contributed by atoms with Crippen molar-refractivity contribution in [2.45, 2.75) is 44.4 Å². The van der Waals surface area contributed by atoms with Gasteiger partial charge in [0, 0.05) is 18.8 Å². The van der Waals surface area contributed by atoms with Crippen LogP contribution < -0.4 is 5.73 Å². The van der Waals surface area contributed by atoms with Crippen LogP contribution in [0.2, 0.25) is 0 Å². The number of nitrogens with zero attached hydrogens (tertiary/aromatic N) is 3. The average molecular weight is 314 g/mol. The molecule has 6 nitrogen and oxygen atoms in total. The second-order valence-electron chi connectivity index (χ2n) is 6.12. The number of likely N-dealkylation sites (N-methyl/N-ethyl adjacent to an activating group) is 1. The van der Waals surface area contributed by atoms with Crippen LogP contribution >= 0.6 is 0 Å². The summed E-state index contributed by atoms with van der Waals surface area (Å²) in [7, 11) is 1.45. The Morgan fingerprint density at radius 1 is 1.43 bits per heavy atom. The van der Waals surface area contributed by atoms with Gasteiger partial charge in [0.05, 0.1) is 11.6 Å². The fourth-order valence-corrected chi connectivity index (χ4v) is 3.18. The van der Waals surface area contributed by atoms with E-state index < -0.39 is 11.8 Å². The van der Waals surface area contributed by atoms with Gasteiger partial charge in [0.1, 0.15) is 0 Å². The van der Waals surface area contributed by atoms with E-state index in [1.165, 1.54) is 38.6 Å². The van der Waals surface area contributed by atoms with Gasteiger partial charge in [-0.25, -0.2) is 0 Å². The normalized spacial score (nSPS) is 16.3. The van der Waals surface area contributed by atoms with Crippen molar-refractivity contribution in [1.29, 1.82) is 5.26 Å². The largest absolute Gasteiger partial charge is 0.366 e. The molecule has 1 saturated carbocycles. The Bertz CT molecular complexity index is 617. The third-order valence-corrected chi connectivity index (χ3v) is 4.50. The lowest BCUT2D eigenvalue weighted by atomic mass is 9.81. The van der Waals surface area contributed by atoms with Gasteiger partial charge in [0.25, 0.3) is 0 Å². The Hall–Kier alpha value is -2.42. The minimum absolute atomic E-state index is 0.285. The van der Waals surface area contributed by atoms with Crippen LogP contribution in [0, 0.1) is 17.4 Å². The first kappa shape index (κ1) is 16.9. The van der Waals surface area contributed by atoms with Crippen molar-refractivity contribution in [2.24, 2.45) is 11.7 Å². The molecule has 0 aliphatic heterocycles. The molecule has 122 valence electrons. The zero-order valence-corrected chi connectivity index (χ0v) is 13.4. The van der Waals surface area contributed by atoms with Crippen LogP contribution in [0.3, 0.4) is 0 Å². The van der Waals surface area contributed by atoms with E-state index in [1.807, 2.05) is 6.19 Å². The molecule has 6 heteroatoms. The summed E-state index contributed by atoms with van der Waals surface area (Å²) in [6.45, 7) is 0. The number of carbonyl (C=O) groups is 2. The van der Waals surface area contributed by atoms with Gasteiger partial charge in [0.15, 0.2) is 6.19 Å². The number of carbonyl (C=O) groups excluding carboxylic acids is 2. The smallest absolute Gasteiger partial charge is 0.248 e. The molecular formula is C17H22N4O2. The second-order valence-corrected chi connectivity index (χ2v) is 6.12. The summed E-state index contributed by atoms with van der Waals surface area (Å²) in [6.07, 6.45) is 9.77. The van der Waals surface area contributed by atoms with Crippen molar-refractivity contribution in [3.05, 3.63) is 29.6 Å². The highest BCUT2D eigenvalue weighted by Gasteiger charge is 2.29. The number of primary amides is 1. The number of amides is 2. The molecular weight excluding hydrogens is 292 g/mol. The molecule has 0 radical (unpaired) electrons. The fourth-order valence-electron chi connectivity index (χ4n) is 3.18. The van der Waals surface area contributed by atoms with Crippen molar-refractivity contribution in [3.63, 3.8) is 0 Å². The van der Waals surface area contributed by atoms with Crippen molar-refractivity contribution in [2.75, 3.05) is 7.05 Å². The summed E-state index contributed by atoms with van der Waals surface area (Å²) in [5.41, 5.74) is 6.16. The predicted octanol–water partition coefficient (Wildman–Crippen LogP) is 2.17. The maximum Gasteiger partial charge on any atom is 0.248 e.